The maximum absolute atomic E-state index is 12.7. The molecule has 3 heterocycles. The second-order valence-electron chi connectivity index (χ2n) is 5.70. The Balaban J connectivity index is 1.69. The van der Waals surface area contributed by atoms with E-state index in [0.29, 0.717) is 21.6 Å². The van der Waals surface area contributed by atoms with Crippen LogP contribution in [0.3, 0.4) is 0 Å². The molecule has 0 aliphatic carbocycles. The summed E-state index contributed by atoms with van der Waals surface area (Å²) in [5.41, 5.74) is 2.22. The number of anilines is 1. The molecule has 0 saturated carbocycles. The Hall–Kier alpha value is -3.32. The molecule has 0 atom stereocenters. The van der Waals surface area contributed by atoms with Crippen LogP contribution in [0.2, 0.25) is 0 Å². The molecule has 0 saturated heterocycles. The maximum atomic E-state index is 12.7. The van der Waals surface area contributed by atoms with Crippen LogP contribution in [0.4, 0.5) is 5.13 Å². The van der Waals surface area contributed by atoms with E-state index in [-0.39, 0.29) is 11.5 Å². The minimum atomic E-state index is -0.367. The number of carbonyl (C=O) groups excluding carboxylic acids is 1. The fourth-order valence-corrected chi connectivity index (χ4v) is 3.68. The number of rotatable bonds is 3. The summed E-state index contributed by atoms with van der Waals surface area (Å²) >= 11 is 1.35. The third-order valence-electron chi connectivity index (χ3n) is 3.91. The van der Waals surface area contributed by atoms with Gasteiger partial charge in [-0.25, -0.2) is 4.98 Å². The normalized spacial score (nSPS) is 10.8. The highest BCUT2D eigenvalue weighted by Crippen LogP contribution is 2.31. The van der Waals surface area contributed by atoms with Crippen molar-refractivity contribution >= 4 is 33.3 Å². The van der Waals surface area contributed by atoms with Crippen molar-refractivity contribution in [2.75, 3.05) is 5.32 Å². The van der Waals surface area contributed by atoms with Gasteiger partial charge in [0.25, 0.3) is 5.91 Å². The van der Waals surface area contributed by atoms with Crippen LogP contribution in [-0.2, 0) is 0 Å². The van der Waals surface area contributed by atoms with Gasteiger partial charge in [-0.1, -0.05) is 35.6 Å². The first kappa shape index (κ1) is 16.2. The van der Waals surface area contributed by atoms with Gasteiger partial charge in [-0.3, -0.25) is 19.9 Å². The summed E-state index contributed by atoms with van der Waals surface area (Å²) in [4.78, 5) is 36.9. The second kappa shape index (κ2) is 6.53. The number of fused-ring (bicyclic) bond motifs is 1. The minimum Gasteiger partial charge on any atom is -0.322 e. The van der Waals surface area contributed by atoms with E-state index in [1.54, 1.807) is 18.3 Å². The average Bonchev–Trinajstić information content (AvgIpc) is 3.01. The van der Waals surface area contributed by atoms with E-state index in [1.165, 1.54) is 17.4 Å². The Morgan fingerprint density at radius 1 is 1.15 bits per heavy atom. The van der Waals surface area contributed by atoms with Crippen molar-refractivity contribution in [3.05, 3.63) is 76.3 Å². The molecule has 0 unspecified atom stereocenters. The molecule has 0 fully saturated rings. The molecule has 0 spiro atoms. The van der Waals surface area contributed by atoms with Crippen LogP contribution in [0.1, 0.15) is 16.1 Å². The molecule has 1 amide bonds. The number of aryl methyl sites for hydroxylation is 1. The average molecular weight is 362 g/mol. The van der Waals surface area contributed by atoms with E-state index in [2.05, 4.69) is 20.3 Å². The summed E-state index contributed by atoms with van der Waals surface area (Å²) < 4.78 is 0. The van der Waals surface area contributed by atoms with E-state index in [9.17, 15) is 9.59 Å². The van der Waals surface area contributed by atoms with Crippen LogP contribution in [0, 0.1) is 6.92 Å². The summed E-state index contributed by atoms with van der Waals surface area (Å²) in [7, 11) is 0. The van der Waals surface area contributed by atoms with Crippen molar-refractivity contribution in [2.45, 2.75) is 6.92 Å². The topological polar surface area (TPSA) is 87.7 Å². The summed E-state index contributed by atoms with van der Waals surface area (Å²) in [5.74, 6) is -0.367. The molecule has 0 bridgehead atoms. The molecule has 0 aliphatic heterocycles. The number of amides is 1. The van der Waals surface area contributed by atoms with Gasteiger partial charge in [0.2, 0.25) is 5.56 Å². The van der Waals surface area contributed by atoms with Gasteiger partial charge >= 0.3 is 0 Å². The molecule has 7 heteroatoms. The molecule has 26 heavy (non-hydrogen) atoms. The Morgan fingerprint density at radius 3 is 2.77 bits per heavy atom. The lowest BCUT2D eigenvalue weighted by atomic mass is 10.1. The lowest BCUT2D eigenvalue weighted by Crippen LogP contribution is -2.16. The third kappa shape index (κ3) is 3.00. The number of aromatic nitrogens is 3. The molecule has 4 aromatic rings. The van der Waals surface area contributed by atoms with Gasteiger partial charge < -0.3 is 4.98 Å². The van der Waals surface area contributed by atoms with Crippen molar-refractivity contribution < 1.29 is 4.79 Å². The van der Waals surface area contributed by atoms with E-state index in [4.69, 9.17) is 0 Å². The highest BCUT2D eigenvalue weighted by atomic mass is 32.1. The van der Waals surface area contributed by atoms with Gasteiger partial charge in [0.1, 0.15) is 0 Å². The Morgan fingerprint density at radius 2 is 1.96 bits per heavy atom. The van der Waals surface area contributed by atoms with Gasteiger partial charge in [-0.2, -0.15) is 0 Å². The predicted octanol–water partition coefficient (Wildman–Crippen LogP) is 3.61. The molecule has 4 rings (SSSR count). The number of hydrogen-bond acceptors (Lipinski definition) is 5. The molecule has 0 radical (unpaired) electrons. The lowest BCUT2D eigenvalue weighted by Gasteiger charge is -2.05. The van der Waals surface area contributed by atoms with E-state index < -0.39 is 0 Å². The SMILES string of the molecule is Cc1nc(NC(=O)c2cc(=O)[nH]c3ccccc23)sc1-c1ccccn1. The van der Waals surface area contributed by atoms with Crippen molar-refractivity contribution in [3.8, 4) is 10.6 Å². The molecule has 0 aliphatic rings. The van der Waals surface area contributed by atoms with Gasteiger partial charge in [-0.15, -0.1) is 0 Å². The van der Waals surface area contributed by atoms with Crippen molar-refractivity contribution in [2.24, 2.45) is 0 Å². The summed E-state index contributed by atoms with van der Waals surface area (Å²) in [6.07, 6.45) is 1.72. The van der Waals surface area contributed by atoms with Gasteiger partial charge in [0, 0.05) is 23.2 Å². The first-order valence-corrected chi connectivity index (χ1v) is 8.76. The first-order valence-electron chi connectivity index (χ1n) is 7.94. The highest BCUT2D eigenvalue weighted by Gasteiger charge is 2.16. The zero-order chi connectivity index (χ0) is 18.1. The summed E-state index contributed by atoms with van der Waals surface area (Å²) in [6.45, 7) is 1.87. The Labute approximate surface area is 152 Å². The van der Waals surface area contributed by atoms with E-state index in [1.807, 2.05) is 37.3 Å². The number of carbonyl (C=O) groups is 1. The Bertz CT molecular complexity index is 1170. The summed E-state index contributed by atoms with van der Waals surface area (Å²) in [6, 6.07) is 14.1. The predicted molar refractivity (Wildman–Crippen MR) is 103 cm³/mol. The van der Waals surface area contributed by atoms with Crippen LogP contribution in [-0.4, -0.2) is 20.9 Å². The van der Waals surface area contributed by atoms with E-state index in [0.717, 1.165) is 16.3 Å². The van der Waals surface area contributed by atoms with Crippen LogP contribution < -0.4 is 10.9 Å². The zero-order valence-electron chi connectivity index (χ0n) is 13.8. The van der Waals surface area contributed by atoms with Gasteiger partial charge in [0.15, 0.2) is 5.13 Å². The van der Waals surface area contributed by atoms with Crippen molar-refractivity contribution in [1.29, 1.82) is 0 Å². The molecule has 3 aromatic heterocycles. The number of nitrogens with one attached hydrogen (secondary N) is 2. The van der Waals surface area contributed by atoms with Crippen LogP contribution in [0.15, 0.2) is 59.5 Å². The lowest BCUT2D eigenvalue weighted by molar-refractivity contribution is 0.102. The molecule has 6 nitrogen and oxygen atoms in total. The number of pyridine rings is 2. The molecular formula is C19H14N4O2S. The minimum absolute atomic E-state index is 0.316. The molecule has 128 valence electrons. The van der Waals surface area contributed by atoms with Crippen LogP contribution in [0.25, 0.3) is 21.5 Å². The quantitative estimate of drug-likeness (QED) is 0.583. The van der Waals surface area contributed by atoms with Crippen LogP contribution in [0.5, 0.6) is 0 Å². The number of aromatic amines is 1. The zero-order valence-corrected chi connectivity index (χ0v) is 14.6. The maximum Gasteiger partial charge on any atom is 0.258 e. The number of H-pyrrole nitrogens is 1. The largest absolute Gasteiger partial charge is 0.322 e. The number of benzene rings is 1. The summed E-state index contributed by atoms with van der Waals surface area (Å²) in [5, 5.41) is 3.95. The number of para-hydroxylation sites is 1. The standard InChI is InChI=1S/C19H14N4O2S/c1-11-17(15-8-4-5-9-20-15)26-19(21-11)23-18(25)13-10-16(24)22-14-7-3-2-6-12(13)14/h2-10H,1H3,(H,22,24)(H,21,23,25). The third-order valence-corrected chi connectivity index (χ3v) is 5.01. The Kier molecular flexibility index (Phi) is 4.06. The molecule has 2 N–H and O–H groups in total. The fraction of sp³-hybridized carbons (Fsp3) is 0.0526. The van der Waals surface area contributed by atoms with Gasteiger partial charge in [-0.05, 0) is 25.1 Å². The fourth-order valence-electron chi connectivity index (χ4n) is 2.74. The molecular weight excluding hydrogens is 348 g/mol. The second-order valence-corrected chi connectivity index (χ2v) is 6.69. The monoisotopic (exact) mass is 362 g/mol. The molecule has 1 aromatic carbocycles. The number of thiazole rings is 1. The smallest absolute Gasteiger partial charge is 0.258 e. The number of hydrogen-bond donors (Lipinski definition) is 2. The highest BCUT2D eigenvalue weighted by molar-refractivity contribution is 7.19. The first-order chi connectivity index (χ1) is 12.6. The number of nitrogens with zero attached hydrogens (tertiary/aromatic N) is 2. The van der Waals surface area contributed by atoms with Crippen molar-refractivity contribution in [3.63, 3.8) is 0 Å². The van der Waals surface area contributed by atoms with Gasteiger partial charge in [0.05, 0.1) is 21.8 Å². The van der Waals surface area contributed by atoms with Crippen LogP contribution >= 0.6 is 11.3 Å². The van der Waals surface area contributed by atoms with E-state index >= 15 is 0 Å². The van der Waals surface area contributed by atoms with Crippen molar-refractivity contribution in [1.82, 2.24) is 15.0 Å².